The van der Waals surface area contributed by atoms with Gasteiger partial charge in [0.1, 0.15) is 0 Å². The number of carbonyl (C=O) groups excluding carboxylic acids is 1. The minimum absolute atomic E-state index is 0.179. The van der Waals surface area contributed by atoms with Gasteiger partial charge in [0.2, 0.25) is 10.0 Å². The average Bonchev–Trinajstić information content (AvgIpc) is 3.34. The molecular formula is C23H30N4O3S. The van der Waals surface area contributed by atoms with Gasteiger partial charge >= 0.3 is 0 Å². The molecule has 2 saturated heterocycles. The second-order valence-corrected chi connectivity index (χ2v) is 10.2. The predicted octanol–water partition coefficient (Wildman–Crippen LogP) is 2.15. The fourth-order valence-corrected chi connectivity index (χ4v) is 5.61. The molecule has 7 nitrogen and oxygen atoms in total. The van der Waals surface area contributed by atoms with E-state index in [9.17, 15) is 13.2 Å². The Balaban J connectivity index is 1.37. The maximum atomic E-state index is 12.8. The molecule has 1 N–H and O–H groups in total. The van der Waals surface area contributed by atoms with E-state index in [1.807, 2.05) is 12.1 Å². The summed E-state index contributed by atoms with van der Waals surface area (Å²) in [6.45, 7) is 5.64. The van der Waals surface area contributed by atoms with Crippen LogP contribution in [0.3, 0.4) is 0 Å². The second-order valence-electron chi connectivity index (χ2n) is 8.28. The lowest BCUT2D eigenvalue weighted by Crippen LogP contribution is -2.44. The van der Waals surface area contributed by atoms with E-state index in [0.29, 0.717) is 25.2 Å². The van der Waals surface area contributed by atoms with E-state index in [1.54, 1.807) is 18.2 Å². The van der Waals surface area contributed by atoms with Crippen molar-refractivity contribution in [2.24, 2.45) is 0 Å². The molecule has 2 fully saturated rings. The minimum Gasteiger partial charge on any atom is -0.369 e. The smallest absolute Gasteiger partial charge is 0.251 e. The van der Waals surface area contributed by atoms with Crippen molar-refractivity contribution in [3.05, 3.63) is 59.7 Å². The second kappa shape index (κ2) is 9.38. The molecule has 0 aromatic heterocycles. The van der Waals surface area contributed by atoms with Crippen LogP contribution in [0.4, 0.5) is 5.69 Å². The van der Waals surface area contributed by atoms with Crippen molar-refractivity contribution >= 4 is 21.6 Å². The number of likely N-dealkylation sites (N-methyl/N-ethyl adjacent to an activating group) is 1. The quantitative estimate of drug-likeness (QED) is 0.742. The van der Waals surface area contributed by atoms with Gasteiger partial charge in [-0.15, -0.1) is 0 Å². The van der Waals surface area contributed by atoms with E-state index in [2.05, 4.69) is 34.3 Å². The fraction of sp³-hybridized carbons (Fsp3) is 0.435. The minimum atomic E-state index is -3.54. The summed E-state index contributed by atoms with van der Waals surface area (Å²) >= 11 is 0. The van der Waals surface area contributed by atoms with Crippen molar-refractivity contribution in [2.75, 3.05) is 51.2 Å². The molecule has 0 atom stereocenters. The molecule has 2 aromatic carbocycles. The van der Waals surface area contributed by atoms with Crippen molar-refractivity contribution in [1.29, 1.82) is 0 Å². The highest BCUT2D eigenvalue weighted by molar-refractivity contribution is 7.89. The van der Waals surface area contributed by atoms with Crippen LogP contribution in [0, 0.1) is 0 Å². The lowest BCUT2D eigenvalue weighted by atomic mass is 10.1. The standard InChI is InChI=1S/C23H30N4O3S/c1-25-13-15-26(16-14-25)21-9-7-19(8-10-21)18-24-23(28)20-5-4-6-22(17-20)31(29,30)27-11-2-3-12-27/h4-10,17H,2-3,11-16,18H2,1H3,(H,24,28). The van der Waals surface area contributed by atoms with Crippen molar-refractivity contribution in [3.63, 3.8) is 0 Å². The number of nitrogens with one attached hydrogen (secondary N) is 1. The van der Waals surface area contributed by atoms with E-state index in [4.69, 9.17) is 0 Å². The van der Waals surface area contributed by atoms with Crippen LogP contribution < -0.4 is 10.2 Å². The summed E-state index contributed by atoms with van der Waals surface area (Å²) in [7, 11) is -1.40. The van der Waals surface area contributed by atoms with Crippen LogP contribution in [-0.2, 0) is 16.6 Å². The Bertz CT molecular complexity index is 1010. The van der Waals surface area contributed by atoms with Gasteiger partial charge in [-0.25, -0.2) is 8.42 Å². The highest BCUT2D eigenvalue weighted by atomic mass is 32.2. The number of hydrogen-bond donors (Lipinski definition) is 1. The molecular weight excluding hydrogens is 412 g/mol. The van der Waals surface area contributed by atoms with E-state index in [0.717, 1.165) is 44.6 Å². The van der Waals surface area contributed by atoms with Crippen LogP contribution in [0.25, 0.3) is 0 Å². The van der Waals surface area contributed by atoms with Crippen LogP contribution in [0.1, 0.15) is 28.8 Å². The highest BCUT2D eigenvalue weighted by Gasteiger charge is 2.27. The first-order chi connectivity index (χ1) is 14.9. The molecule has 0 spiro atoms. The normalized spacial score (nSPS) is 18.3. The maximum Gasteiger partial charge on any atom is 0.251 e. The molecule has 2 heterocycles. The van der Waals surface area contributed by atoms with Crippen molar-refractivity contribution in [1.82, 2.24) is 14.5 Å². The first-order valence-electron chi connectivity index (χ1n) is 10.8. The number of nitrogens with zero attached hydrogens (tertiary/aromatic N) is 3. The fourth-order valence-electron chi connectivity index (χ4n) is 4.05. The Morgan fingerprint density at radius 3 is 2.29 bits per heavy atom. The van der Waals surface area contributed by atoms with Gasteiger partial charge in [0.25, 0.3) is 5.91 Å². The number of sulfonamides is 1. The third-order valence-electron chi connectivity index (χ3n) is 6.06. The van der Waals surface area contributed by atoms with Gasteiger partial charge in [0.05, 0.1) is 4.90 Å². The van der Waals surface area contributed by atoms with E-state index < -0.39 is 10.0 Å². The van der Waals surface area contributed by atoms with Crippen molar-refractivity contribution < 1.29 is 13.2 Å². The molecule has 31 heavy (non-hydrogen) atoms. The third kappa shape index (κ3) is 5.08. The van der Waals surface area contributed by atoms with Gasteiger partial charge in [-0.3, -0.25) is 4.79 Å². The summed E-state index contributed by atoms with van der Waals surface area (Å²) < 4.78 is 27.0. The predicted molar refractivity (Wildman–Crippen MR) is 122 cm³/mol. The SMILES string of the molecule is CN1CCN(c2ccc(CNC(=O)c3cccc(S(=O)(=O)N4CCCC4)c3)cc2)CC1. The van der Waals surface area contributed by atoms with Gasteiger partial charge in [0.15, 0.2) is 0 Å². The van der Waals surface area contributed by atoms with Gasteiger partial charge in [-0.05, 0) is 55.8 Å². The number of benzene rings is 2. The molecule has 2 aliphatic heterocycles. The Hall–Kier alpha value is -2.42. The molecule has 0 saturated carbocycles. The Morgan fingerprint density at radius 1 is 0.935 bits per heavy atom. The highest BCUT2D eigenvalue weighted by Crippen LogP contribution is 2.22. The summed E-state index contributed by atoms with van der Waals surface area (Å²) in [5.74, 6) is -0.276. The molecule has 0 unspecified atom stereocenters. The largest absolute Gasteiger partial charge is 0.369 e. The molecule has 166 valence electrons. The van der Waals surface area contributed by atoms with E-state index in [-0.39, 0.29) is 10.8 Å². The number of amides is 1. The summed E-state index contributed by atoms with van der Waals surface area (Å²) in [4.78, 5) is 17.5. The third-order valence-corrected chi connectivity index (χ3v) is 7.95. The molecule has 4 rings (SSSR count). The summed E-state index contributed by atoms with van der Waals surface area (Å²) in [6, 6.07) is 14.6. The number of carbonyl (C=O) groups is 1. The van der Waals surface area contributed by atoms with Crippen LogP contribution in [0.15, 0.2) is 53.4 Å². The molecule has 2 aromatic rings. The molecule has 2 aliphatic rings. The zero-order chi connectivity index (χ0) is 21.8. The summed E-state index contributed by atoms with van der Waals surface area (Å²) in [6.07, 6.45) is 1.76. The zero-order valence-corrected chi connectivity index (χ0v) is 18.8. The summed E-state index contributed by atoms with van der Waals surface area (Å²) in [5.41, 5.74) is 2.56. The summed E-state index contributed by atoms with van der Waals surface area (Å²) in [5, 5.41) is 2.90. The van der Waals surface area contributed by atoms with E-state index >= 15 is 0 Å². The van der Waals surface area contributed by atoms with Gasteiger partial charge < -0.3 is 15.1 Å². The van der Waals surface area contributed by atoms with Crippen LogP contribution in [-0.4, -0.2) is 69.8 Å². The van der Waals surface area contributed by atoms with Crippen LogP contribution >= 0.6 is 0 Å². The zero-order valence-electron chi connectivity index (χ0n) is 18.0. The Kier molecular flexibility index (Phi) is 6.60. The maximum absolute atomic E-state index is 12.8. The van der Waals surface area contributed by atoms with Gasteiger partial charge in [0, 0.05) is 57.1 Å². The number of rotatable bonds is 6. The Morgan fingerprint density at radius 2 is 1.61 bits per heavy atom. The lowest BCUT2D eigenvalue weighted by molar-refractivity contribution is 0.0950. The van der Waals surface area contributed by atoms with Crippen molar-refractivity contribution in [3.8, 4) is 0 Å². The molecule has 1 amide bonds. The Labute approximate surface area is 184 Å². The van der Waals surface area contributed by atoms with Crippen LogP contribution in [0.5, 0.6) is 0 Å². The molecule has 0 radical (unpaired) electrons. The first-order valence-corrected chi connectivity index (χ1v) is 12.3. The number of hydrogen-bond acceptors (Lipinski definition) is 5. The first kappa shape index (κ1) is 21.8. The van der Waals surface area contributed by atoms with Crippen molar-refractivity contribution in [2.45, 2.75) is 24.3 Å². The molecule has 0 aliphatic carbocycles. The van der Waals surface area contributed by atoms with E-state index in [1.165, 1.54) is 16.1 Å². The monoisotopic (exact) mass is 442 g/mol. The van der Waals surface area contributed by atoms with Gasteiger partial charge in [-0.2, -0.15) is 4.31 Å². The van der Waals surface area contributed by atoms with Gasteiger partial charge in [-0.1, -0.05) is 18.2 Å². The molecule has 0 bridgehead atoms. The van der Waals surface area contributed by atoms with Crippen LogP contribution in [0.2, 0.25) is 0 Å². The molecule has 8 heteroatoms. The average molecular weight is 443 g/mol. The number of anilines is 1. The lowest BCUT2D eigenvalue weighted by Gasteiger charge is -2.34. The topological polar surface area (TPSA) is 73.0 Å². The number of piperazine rings is 1.